The summed E-state index contributed by atoms with van der Waals surface area (Å²) < 4.78 is 10.3. The van der Waals surface area contributed by atoms with Crippen LogP contribution in [0.5, 0.6) is 0 Å². The summed E-state index contributed by atoms with van der Waals surface area (Å²) in [6.07, 6.45) is 1.05. The van der Waals surface area contributed by atoms with E-state index < -0.39 is 18.1 Å². The zero-order valence-corrected chi connectivity index (χ0v) is 10.8. The fourth-order valence-electron chi connectivity index (χ4n) is 1.59. The van der Waals surface area contributed by atoms with Gasteiger partial charge >= 0.3 is 5.97 Å². The molecule has 1 rings (SSSR count). The van der Waals surface area contributed by atoms with Crippen LogP contribution in [0.1, 0.15) is 26.7 Å². The van der Waals surface area contributed by atoms with Gasteiger partial charge in [-0.25, -0.2) is 4.79 Å². The fourth-order valence-corrected chi connectivity index (χ4v) is 1.59. The SMILES string of the molecule is CCOCCOC(C)C(=O)NC(C(=O)O)C1CC1. The summed E-state index contributed by atoms with van der Waals surface area (Å²) in [5.74, 6) is -1.29. The lowest BCUT2D eigenvalue weighted by molar-refractivity contribution is -0.145. The Morgan fingerprint density at radius 2 is 2.06 bits per heavy atom. The van der Waals surface area contributed by atoms with E-state index in [2.05, 4.69) is 5.32 Å². The Balaban J connectivity index is 2.27. The van der Waals surface area contributed by atoms with E-state index in [1.54, 1.807) is 6.92 Å². The highest BCUT2D eigenvalue weighted by Gasteiger charge is 2.37. The molecule has 0 saturated heterocycles. The first-order valence-electron chi connectivity index (χ1n) is 6.28. The lowest BCUT2D eigenvalue weighted by atomic mass is 10.2. The van der Waals surface area contributed by atoms with E-state index in [1.165, 1.54) is 0 Å². The van der Waals surface area contributed by atoms with Crippen LogP contribution in [-0.4, -0.2) is 48.9 Å². The standard InChI is InChI=1S/C12H21NO5/c1-3-17-6-7-18-8(2)11(14)13-10(12(15)16)9-4-5-9/h8-10H,3-7H2,1-2H3,(H,13,14)(H,15,16). The molecular formula is C12H21NO5. The molecule has 104 valence electrons. The molecule has 0 radical (unpaired) electrons. The van der Waals surface area contributed by atoms with Crippen molar-refractivity contribution in [2.75, 3.05) is 19.8 Å². The van der Waals surface area contributed by atoms with Gasteiger partial charge in [0.2, 0.25) is 5.91 Å². The van der Waals surface area contributed by atoms with Gasteiger partial charge in [0.15, 0.2) is 0 Å². The Hall–Kier alpha value is -1.14. The maximum absolute atomic E-state index is 11.7. The molecule has 0 aromatic carbocycles. The predicted molar refractivity (Wildman–Crippen MR) is 64.2 cm³/mol. The molecule has 1 amide bonds. The molecule has 1 saturated carbocycles. The molecule has 6 heteroatoms. The molecule has 1 aliphatic rings. The van der Waals surface area contributed by atoms with E-state index >= 15 is 0 Å². The van der Waals surface area contributed by atoms with Crippen LogP contribution in [0.3, 0.4) is 0 Å². The fraction of sp³-hybridized carbons (Fsp3) is 0.833. The Morgan fingerprint density at radius 3 is 2.56 bits per heavy atom. The number of nitrogens with one attached hydrogen (secondary N) is 1. The number of carbonyl (C=O) groups excluding carboxylic acids is 1. The van der Waals surface area contributed by atoms with Crippen molar-refractivity contribution in [1.29, 1.82) is 0 Å². The van der Waals surface area contributed by atoms with Crippen molar-refractivity contribution >= 4 is 11.9 Å². The van der Waals surface area contributed by atoms with Gasteiger partial charge in [0.05, 0.1) is 13.2 Å². The van der Waals surface area contributed by atoms with Crippen molar-refractivity contribution in [2.24, 2.45) is 5.92 Å². The molecular weight excluding hydrogens is 238 g/mol. The summed E-state index contributed by atoms with van der Waals surface area (Å²) in [7, 11) is 0. The van der Waals surface area contributed by atoms with Crippen molar-refractivity contribution in [3.8, 4) is 0 Å². The molecule has 0 bridgehead atoms. The van der Waals surface area contributed by atoms with E-state index in [1.807, 2.05) is 6.92 Å². The topological polar surface area (TPSA) is 84.9 Å². The summed E-state index contributed by atoms with van der Waals surface area (Å²) in [6, 6.07) is -0.782. The first kappa shape index (κ1) is 14.9. The van der Waals surface area contributed by atoms with Gasteiger partial charge in [0.25, 0.3) is 0 Å². The minimum absolute atomic E-state index is 0.0714. The second-order valence-corrected chi connectivity index (χ2v) is 4.37. The van der Waals surface area contributed by atoms with Gasteiger partial charge in [0.1, 0.15) is 12.1 Å². The van der Waals surface area contributed by atoms with Gasteiger partial charge in [-0.05, 0) is 32.6 Å². The molecule has 0 heterocycles. The minimum Gasteiger partial charge on any atom is -0.480 e. The van der Waals surface area contributed by atoms with Crippen LogP contribution in [0.25, 0.3) is 0 Å². The summed E-state index contributed by atoms with van der Waals surface area (Å²) in [5, 5.41) is 11.5. The maximum atomic E-state index is 11.7. The molecule has 0 aliphatic heterocycles. The number of carboxylic acids is 1. The molecule has 18 heavy (non-hydrogen) atoms. The third kappa shape index (κ3) is 5.01. The number of ether oxygens (including phenoxy) is 2. The molecule has 2 unspecified atom stereocenters. The van der Waals surface area contributed by atoms with Crippen molar-refractivity contribution in [1.82, 2.24) is 5.32 Å². The number of hydrogen-bond donors (Lipinski definition) is 2. The second kappa shape index (κ2) is 7.33. The van der Waals surface area contributed by atoms with E-state index in [0.717, 1.165) is 12.8 Å². The van der Waals surface area contributed by atoms with E-state index in [4.69, 9.17) is 14.6 Å². The highest BCUT2D eigenvalue weighted by molar-refractivity contribution is 5.86. The summed E-state index contributed by atoms with van der Waals surface area (Å²) in [4.78, 5) is 22.7. The monoisotopic (exact) mass is 259 g/mol. The van der Waals surface area contributed by atoms with Gasteiger partial charge < -0.3 is 19.9 Å². The average Bonchev–Trinajstić information content (AvgIpc) is 3.14. The average molecular weight is 259 g/mol. The van der Waals surface area contributed by atoms with Crippen molar-refractivity contribution < 1.29 is 24.2 Å². The largest absolute Gasteiger partial charge is 0.480 e. The van der Waals surface area contributed by atoms with Crippen LogP contribution in [-0.2, 0) is 19.1 Å². The zero-order chi connectivity index (χ0) is 13.5. The molecule has 1 aliphatic carbocycles. The summed E-state index contributed by atoms with van der Waals surface area (Å²) >= 11 is 0. The molecule has 2 N–H and O–H groups in total. The molecule has 0 aromatic rings. The number of amides is 1. The molecule has 0 aromatic heterocycles. The van der Waals surface area contributed by atoms with Crippen LogP contribution in [0.4, 0.5) is 0 Å². The van der Waals surface area contributed by atoms with Crippen LogP contribution in [0.15, 0.2) is 0 Å². The Labute approximate surface area is 107 Å². The summed E-state index contributed by atoms with van der Waals surface area (Å²) in [6.45, 7) is 4.84. The van der Waals surface area contributed by atoms with Crippen LogP contribution >= 0.6 is 0 Å². The third-order valence-corrected chi connectivity index (χ3v) is 2.83. The number of carboxylic acid groups (broad SMARTS) is 1. The van der Waals surface area contributed by atoms with Crippen molar-refractivity contribution in [3.63, 3.8) is 0 Å². The second-order valence-electron chi connectivity index (χ2n) is 4.37. The molecule has 1 fully saturated rings. The number of carbonyl (C=O) groups is 2. The summed E-state index contributed by atoms with van der Waals surface area (Å²) in [5.41, 5.74) is 0. The Bertz CT molecular complexity index is 290. The highest BCUT2D eigenvalue weighted by atomic mass is 16.5. The van der Waals surface area contributed by atoms with E-state index in [0.29, 0.717) is 19.8 Å². The van der Waals surface area contributed by atoms with Crippen molar-refractivity contribution in [3.05, 3.63) is 0 Å². The molecule has 6 nitrogen and oxygen atoms in total. The maximum Gasteiger partial charge on any atom is 0.326 e. The first-order valence-corrected chi connectivity index (χ1v) is 6.28. The molecule has 2 atom stereocenters. The van der Waals surface area contributed by atoms with E-state index in [-0.39, 0.29) is 11.8 Å². The quantitative estimate of drug-likeness (QED) is 0.586. The highest BCUT2D eigenvalue weighted by Crippen LogP contribution is 2.32. The number of rotatable bonds is 9. The van der Waals surface area contributed by atoms with Gasteiger partial charge in [-0.3, -0.25) is 4.79 Å². The Kier molecular flexibility index (Phi) is 6.07. The predicted octanol–water partition coefficient (Wildman–Crippen LogP) is 0.407. The zero-order valence-electron chi connectivity index (χ0n) is 10.8. The van der Waals surface area contributed by atoms with Gasteiger partial charge in [-0.2, -0.15) is 0 Å². The van der Waals surface area contributed by atoms with Gasteiger partial charge in [0, 0.05) is 6.61 Å². The molecule has 0 spiro atoms. The lowest BCUT2D eigenvalue weighted by Gasteiger charge is -2.17. The smallest absolute Gasteiger partial charge is 0.326 e. The van der Waals surface area contributed by atoms with Crippen molar-refractivity contribution in [2.45, 2.75) is 38.8 Å². The normalized spacial score (nSPS) is 18.1. The number of hydrogen-bond acceptors (Lipinski definition) is 4. The third-order valence-electron chi connectivity index (χ3n) is 2.83. The minimum atomic E-state index is -0.979. The number of aliphatic carboxylic acids is 1. The van der Waals surface area contributed by atoms with Gasteiger partial charge in [-0.15, -0.1) is 0 Å². The van der Waals surface area contributed by atoms with Crippen LogP contribution in [0.2, 0.25) is 0 Å². The van der Waals surface area contributed by atoms with Crippen LogP contribution in [0, 0.1) is 5.92 Å². The van der Waals surface area contributed by atoms with E-state index in [9.17, 15) is 9.59 Å². The lowest BCUT2D eigenvalue weighted by Crippen LogP contribution is -2.46. The van der Waals surface area contributed by atoms with Crippen LogP contribution < -0.4 is 5.32 Å². The Morgan fingerprint density at radius 1 is 1.39 bits per heavy atom. The van der Waals surface area contributed by atoms with Gasteiger partial charge in [-0.1, -0.05) is 0 Å². The first-order chi connectivity index (χ1) is 8.56.